The number of anilines is 2. The summed E-state index contributed by atoms with van der Waals surface area (Å²) in [4.78, 5) is 13.4. The number of benzene rings is 1. The number of nitrogens with zero attached hydrogens (tertiary/aromatic N) is 5. The molecule has 7 nitrogen and oxygen atoms in total. The molecule has 2 aliphatic rings. The van der Waals surface area contributed by atoms with Crippen LogP contribution in [-0.2, 0) is 11.8 Å². The molecule has 1 fully saturated rings. The number of fused-ring (bicyclic) bond motifs is 3. The predicted octanol–water partition coefficient (Wildman–Crippen LogP) is 4.16. The van der Waals surface area contributed by atoms with Gasteiger partial charge in [0.05, 0.1) is 30.0 Å². The first-order valence-electron chi connectivity index (χ1n) is 11.9. The van der Waals surface area contributed by atoms with Crippen LogP contribution in [0.2, 0.25) is 0 Å². The van der Waals surface area contributed by atoms with Crippen molar-refractivity contribution in [3.8, 4) is 23.1 Å². The van der Waals surface area contributed by atoms with Crippen LogP contribution in [0, 0.1) is 11.3 Å². The molecule has 7 heteroatoms. The molecule has 1 aromatic carbocycles. The maximum absolute atomic E-state index is 9.20. The molecule has 4 rings (SSSR count). The van der Waals surface area contributed by atoms with Gasteiger partial charge in [0.2, 0.25) is 0 Å². The number of rotatable bonds is 6. The third-order valence-corrected chi connectivity index (χ3v) is 7.28. The lowest BCUT2D eigenvalue weighted by atomic mass is 9.71. The second-order valence-electron chi connectivity index (χ2n) is 10.3. The van der Waals surface area contributed by atoms with Crippen molar-refractivity contribution < 1.29 is 4.74 Å². The molecule has 0 aliphatic heterocycles. The minimum Gasteiger partial charge on any atom is -0.488 e. The van der Waals surface area contributed by atoms with Crippen LogP contribution in [0.1, 0.15) is 57.1 Å². The molecule has 2 aliphatic carbocycles. The molecule has 2 aromatic rings. The highest BCUT2D eigenvalue weighted by molar-refractivity contribution is 5.83. The smallest absolute Gasteiger partial charge is 0.143 e. The Kier molecular flexibility index (Phi) is 6.49. The summed E-state index contributed by atoms with van der Waals surface area (Å²) in [7, 11) is 6.38. The molecule has 0 radical (unpaired) electrons. The third kappa shape index (κ3) is 4.49. The van der Waals surface area contributed by atoms with E-state index in [1.165, 1.54) is 5.56 Å². The maximum atomic E-state index is 9.20. The minimum atomic E-state index is -0.207. The van der Waals surface area contributed by atoms with Crippen LogP contribution in [-0.4, -0.2) is 54.7 Å². The summed E-state index contributed by atoms with van der Waals surface area (Å²) in [6.45, 7) is 5.04. The van der Waals surface area contributed by atoms with E-state index in [9.17, 15) is 5.26 Å². The molecular weight excluding hydrogens is 412 g/mol. The summed E-state index contributed by atoms with van der Waals surface area (Å²) in [6.07, 6.45) is 7.44. The Balaban J connectivity index is 1.75. The molecule has 33 heavy (non-hydrogen) atoms. The summed E-state index contributed by atoms with van der Waals surface area (Å²) < 4.78 is 6.66. The number of aromatic nitrogens is 2. The number of hydrogen-bond donors (Lipinski definition) is 1. The van der Waals surface area contributed by atoms with Gasteiger partial charge in [0.25, 0.3) is 0 Å². The minimum absolute atomic E-state index is 0.207. The lowest BCUT2D eigenvalue weighted by Crippen LogP contribution is -2.36. The van der Waals surface area contributed by atoms with E-state index in [2.05, 4.69) is 73.0 Å². The van der Waals surface area contributed by atoms with Crippen LogP contribution < -0.4 is 15.4 Å². The van der Waals surface area contributed by atoms with Gasteiger partial charge >= 0.3 is 0 Å². The molecule has 0 saturated heterocycles. The van der Waals surface area contributed by atoms with E-state index in [0.29, 0.717) is 24.8 Å². The van der Waals surface area contributed by atoms with Crippen LogP contribution in [0.15, 0.2) is 18.5 Å². The Bertz CT molecular complexity index is 1050. The number of ether oxygens (including phenoxy) is 1. The molecule has 1 saturated carbocycles. The summed E-state index contributed by atoms with van der Waals surface area (Å²) in [6, 6.07) is 7.11. The van der Waals surface area contributed by atoms with Gasteiger partial charge in [-0.25, -0.2) is 9.97 Å². The van der Waals surface area contributed by atoms with E-state index in [4.69, 9.17) is 10.5 Å². The van der Waals surface area contributed by atoms with Gasteiger partial charge < -0.3 is 20.3 Å². The van der Waals surface area contributed by atoms with E-state index in [1.54, 1.807) is 6.33 Å². The van der Waals surface area contributed by atoms with Crippen molar-refractivity contribution in [2.24, 2.45) is 0 Å². The van der Waals surface area contributed by atoms with Crippen molar-refractivity contribution in [2.45, 2.75) is 69.9 Å². The molecule has 2 N–H and O–H groups in total. The second-order valence-corrected chi connectivity index (χ2v) is 10.3. The Morgan fingerprint density at radius 1 is 1.15 bits per heavy atom. The highest BCUT2D eigenvalue weighted by atomic mass is 16.5. The first-order valence-corrected chi connectivity index (χ1v) is 11.9. The zero-order valence-electron chi connectivity index (χ0n) is 20.6. The average molecular weight is 449 g/mol. The van der Waals surface area contributed by atoms with Gasteiger partial charge in [0.15, 0.2) is 0 Å². The average Bonchev–Trinajstić information content (AvgIpc) is 2.77. The number of nitriles is 1. The molecule has 0 atom stereocenters. The lowest BCUT2D eigenvalue weighted by molar-refractivity contribution is 0.111. The monoisotopic (exact) mass is 448 g/mol. The SMILES string of the molecule is CN(CCC#N)c1c(OC2CCC(N(C)C)CC2)ccc2c1CC(C)(C)c1c(N)ncnc1-2. The van der Waals surface area contributed by atoms with Gasteiger partial charge in [-0.1, -0.05) is 13.8 Å². The molecule has 1 heterocycles. The van der Waals surface area contributed by atoms with Crippen LogP contribution in [0.5, 0.6) is 5.75 Å². The van der Waals surface area contributed by atoms with Crippen LogP contribution in [0.25, 0.3) is 11.3 Å². The molecule has 0 bridgehead atoms. The molecular formula is C26H36N6O. The van der Waals surface area contributed by atoms with Crippen molar-refractivity contribution in [3.63, 3.8) is 0 Å². The fourth-order valence-electron chi connectivity index (χ4n) is 5.52. The largest absolute Gasteiger partial charge is 0.488 e. The highest BCUT2D eigenvalue weighted by Gasteiger charge is 2.37. The Hall–Kier alpha value is -2.85. The van der Waals surface area contributed by atoms with Crippen molar-refractivity contribution >= 4 is 11.5 Å². The zero-order valence-corrected chi connectivity index (χ0v) is 20.6. The molecule has 176 valence electrons. The Morgan fingerprint density at radius 3 is 2.55 bits per heavy atom. The van der Waals surface area contributed by atoms with Gasteiger partial charge in [-0.05, 0) is 69.3 Å². The van der Waals surface area contributed by atoms with E-state index in [1.807, 2.05) is 0 Å². The first-order chi connectivity index (χ1) is 15.7. The standard InChI is InChI=1S/C26H36N6O/c1-26(2)15-20-19(23-22(26)25(28)30-16-29-23)11-12-21(24(20)32(5)14-6-13-27)33-18-9-7-17(8-10-18)31(3)4/h11-12,16-18H,6-10,14-15H2,1-5H3,(H2,28,29,30). The van der Waals surface area contributed by atoms with Crippen molar-refractivity contribution in [1.82, 2.24) is 14.9 Å². The predicted molar refractivity (Wildman–Crippen MR) is 132 cm³/mol. The van der Waals surface area contributed by atoms with Gasteiger partial charge in [0.1, 0.15) is 17.9 Å². The summed E-state index contributed by atoms with van der Waals surface area (Å²) in [5, 5.41) is 9.20. The molecule has 0 spiro atoms. The van der Waals surface area contributed by atoms with Gasteiger partial charge in [-0.3, -0.25) is 0 Å². The number of nitrogens with two attached hydrogens (primary N) is 1. The Labute approximate surface area is 197 Å². The van der Waals surface area contributed by atoms with E-state index in [0.717, 1.165) is 60.4 Å². The normalized spacial score (nSPS) is 21.1. The van der Waals surface area contributed by atoms with Crippen LogP contribution in [0.3, 0.4) is 0 Å². The van der Waals surface area contributed by atoms with Gasteiger partial charge in [-0.15, -0.1) is 0 Å². The van der Waals surface area contributed by atoms with E-state index >= 15 is 0 Å². The lowest BCUT2D eigenvalue weighted by Gasteiger charge is -2.38. The molecule has 0 amide bonds. The number of hydrogen-bond acceptors (Lipinski definition) is 7. The summed E-state index contributed by atoms with van der Waals surface area (Å²) >= 11 is 0. The van der Waals surface area contributed by atoms with Crippen molar-refractivity contribution in [3.05, 3.63) is 29.6 Å². The van der Waals surface area contributed by atoms with E-state index < -0.39 is 0 Å². The first kappa shape index (κ1) is 23.3. The second kappa shape index (κ2) is 9.18. The van der Waals surface area contributed by atoms with E-state index in [-0.39, 0.29) is 11.5 Å². The van der Waals surface area contributed by atoms with Crippen LogP contribution in [0.4, 0.5) is 11.5 Å². The fraction of sp³-hybridized carbons (Fsp3) is 0.577. The van der Waals surface area contributed by atoms with Gasteiger partial charge in [0, 0.05) is 30.8 Å². The van der Waals surface area contributed by atoms with Crippen molar-refractivity contribution in [1.29, 1.82) is 5.26 Å². The highest BCUT2D eigenvalue weighted by Crippen LogP contribution is 2.49. The van der Waals surface area contributed by atoms with Crippen LogP contribution >= 0.6 is 0 Å². The van der Waals surface area contributed by atoms with Gasteiger partial charge in [-0.2, -0.15) is 5.26 Å². The quantitative estimate of drug-likeness (QED) is 0.709. The topological polar surface area (TPSA) is 91.3 Å². The zero-order chi connectivity index (χ0) is 23.8. The molecule has 0 unspecified atom stereocenters. The molecule has 1 aromatic heterocycles. The number of nitrogen functional groups attached to an aromatic ring is 1. The third-order valence-electron chi connectivity index (χ3n) is 7.28. The maximum Gasteiger partial charge on any atom is 0.143 e. The summed E-state index contributed by atoms with van der Waals surface area (Å²) in [5.74, 6) is 1.46. The summed E-state index contributed by atoms with van der Waals surface area (Å²) in [5.41, 5.74) is 11.4. The Morgan fingerprint density at radius 2 is 1.88 bits per heavy atom. The fourth-order valence-corrected chi connectivity index (χ4v) is 5.52. The van der Waals surface area contributed by atoms with Crippen molar-refractivity contribution in [2.75, 3.05) is 38.3 Å².